The van der Waals surface area contributed by atoms with E-state index in [1.165, 1.54) is 43.3 Å². The van der Waals surface area contributed by atoms with Gasteiger partial charge in [-0.1, -0.05) is 12.1 Å². The SMILES string of the molecule is CC(=O)Nc1ccc(C(=O)Nc2cc(C)nn2-c2ccccc2C(F)(F)F)cc1. The summed E-state index contributed by atoms with van der Waals surface area (Å²) in [6, 6.07) is 12.6. The van der Waals surface area contributed by atoms with Gasteiger partial charge in [0.05, 0.1) is 16.9 Å². The molecule has 6 nitrogen and oxygen atoms in total. The summed E-state index contributed by atoms with van der Waals surface area (Å²) in [4.78, 5) is 23.6. The Hall–Kier alpha value is -3.62. The molecule has 0 aliphatic carbocycles. The molecule has 0 spiro atoms. The summed E-state index contributed by atoms with van der Waals surface area (Å²) < 4.78 is 41.2. The molecule has 0 radical (unpaired) electrons. The van der Waals surface area contributed by atoms with Gasteiger partial charge in [-0.05, 0) is 43.3 Å². The summed E-state index contributed by atoms with van der Waals surface area (Å²) in [5.41, 5.74) is 0.184. The van der Waals surface area contributed by atoms with E-state index in [0.717, 1.165) is 10.7 Å². The zero-order valence-electron chi connectivity index (χ0n) is 15.5. The maximum absolute atomic E-state index is 13.4. The van der Waals surface area contributed by atoms with Crippen molar-refractivity contribution in [3.63, 3.8) is 0 Å². The average Bonchev–Trinajstić information content (AvgIpc) is 3.01. The Morgan fingerprint density at radius 3 is 2.28 bits per heavy atom. The van der Waals surface area contributed by atoms with Crippen LogP contribution in [0.5, 0.6) is 0 Å². The minimum absolute atomic E-state index is 0.107. The van der Waals surface area contributed by atoms with E-state index in [2.05, 4.69) is 15.7 Å². The van der Waals surface area contributed by atoms with Crippen molar-refractivity contribution in [3.8, 4) is 5.69 Å². The summed E-state index contributed by atoms with van der Waals surface area (Å²) in [5, 5.41) is 9.28. The monoisotopic (exact) mass is 402 g/mol. The van der Waals surface area contributed by atoms with Gasteiger partial charge in [-0.3, -0.25) is 9.59 Å². The van der Waals surface area contributed by atoms with Crippen LogP contribution in [0.3, 0.4) is 0 Å². The van der Waals surface area contributed by atoms with Gasteiger partial charge in [0.1, 0.15) is 5.82 Å². The molecule has 2 N–H and O–H groups in total. The van der Waals surface area contributed by atoms with Gasteiger partial charge in [0.2, 0.25) is 5.91 Å². The van der Waals surface area contributed by atoms with Crippen molar-refractivity contribution in [2.75, 3.05) is 10.6 Å². The van der Waals surface area contributed by atoms with Gasteiger partial charge in [-0.2, -0.15) is 18.3 Å². The van der Waals surface area contributed by atoms with Crippen molar-refractivity contribution >= 4 is 23.3 Å². The fraction of sp³-hybridized carbons (Fsp3) is 0.150. The number of amides is 2. The Morgan fingerprint density at radius 2 is 1.66 bits per heavy atom. The minimum atomic E-state index is -4.57. The fourth-order valence-corrected chi connectivity index (χ4v) is 2.77. The first kappa shape index (κ1) is 20.1. The molecule has 3 aromatic rings. The summed E-state index contributed by atoms with van der Waals surface area (Å²) in [6.45, 7) is 2.98. The normalized spacial score (nSPS) is 11.2. The molecule has 0 saturated heterocycles. The zero-order valence-corrected chi connectivity index (χ0v) is 15.5. The molecule has 0 saturated carbocycles. The van der Waals surface area contributed by atoms with Crippen molar-refractivity contribution < 1.29 is 22.8 Å². The van der Waals surface area contributed by atoms with Gasteiger partial charge in [-0.25, -0.2) is 4.68 Å². The fourth-order valence-electron chi connectivity index (χ4n) is 2.77. The maximum Gasteiger partial charge on any atom is 0.418 e. The van der Waals surface area contributed by atoms with Crippen LogP contribution in [0.1, 0.15) is 28.5 Å². The second kappa shape index (κ2) is 7.78. The number of para-hydroxylation sites is 1. The number of aromatic nitrogens is 2. The third-order valence-electron chi connectivity index (χ3n) is 3.98. The lowest BCUT2D eigenvalue weighted by Gasteiger charge is -2.15. The quantitative estimate of drug-likeness (QED) is 0.679. The highest BCUT2D eigenvalue weighted by molar-refractivity contribution is 6.04. The minimum Gasteiger partial charge on any atom is -0.326 e. The van der Waals surface area contributed by atoms with Gasteiger partial charge < -0.3 is 10.6 Å². The number of nitrogens with one attached hydrogen (secondary N) is 2. The molecular formula is C20H17F3N4O2. The molecule has 0 bridgehead atoms. The number of benzene rings is 2. The van der Waals surface area contributed by atoms with Gasteiger partial charge in [0, 0.05) is 24.2 Å². The highest BCUT2D eigenvalue weighted by Crippen LogP contribution is 2.34. The van der Waals surface area contributed by atoms with Crippen LogP contribution < -0.4 is 10.6 Å². The summed E-state index contributed by atoms with van der Waals surface area (Å²) >= 11 is 0. The van der Waals surface area contributed by atoms with E-state index in [4.69, 9.17) is 0 Å². The van der Waals surface area contributed by atoms with Crippen molar-refractivity contribution in [1.82, 2.24) is 9.78 Å². The summed E-state index contributed by atoms with van der Waals surface area (Å²) in [7, 11) is 0. The number of rotatable bonds is 4. The number of aryl methyl sites for hydroxylation is 1. The van der Waals surface area contributed by atoms with E-state index in [1.807, 2.05) is 0 Å². The average molecular weight is 402 g/mol. The predicted molar refractivity (Wildman–Crippen MR) is 102 cm³/mol. The molecule has 0 unspecified atom stereocenters. The Morgan fingerprint density at radius 1 is 1.00 bits per heavy atom. The van der Waals surface area contributed by atoms with Crippen LogP contribution in [0.15, 0.2) is 54.6 Å². The molecule has 0 aliphatic heterocycles. The predicted octanol–water partition coefficient (Wildman–Crippen LogP) is 4.41. The molecule has 2 amide bonds. The number of hydrogen-bond acceptors (Lipinski definition) is 3. The number of halogens is 3. The molecule has 2 aromatic carbocycles. The largest absolute Gasteiger partial charge is 0.418 e. The van der Waals surface area contributed by atoms with E-state index >= 15 is 0 Å². The van der Waals surface area contributed by atoms with Crippen LogP contribution in [-0.4, -0.2) is 21.6 Å². The second-order valence-electron chi connectivity index (χ2n) is 6.31. The summed E-state index contributed by atoms with van der Waals surface area (Å²) in [6.07, 6.45) is -4.57. The molecule has 29 heavy (non-hydrogen) atoms. The lowest BCUT2D eigenvalue weighted by molar-refractivity contribution is -0.137. The highest BCUT2D eigenvalue weighted by atomic mass is 19.4. The second-order valence-corrected chi connectivity index (χ2v) is 6.31. The third-order valence-corrected chi connectivity index (χ3v) is 3.98. The Kier molecular flexibility index (Phi) is 5.40. The molecule has 0 atom stereocenters. The smallest absolute Gasteiger partial charge is 0.326 e. The van der Waals surface area contributed by atoms with Crippen molar-refractivity contribution in [2.24, 2.45) is 0 Å². The van der Waals surface area contributed by atoms with E-state index < -0.39 is 17.6 Å². The first-order valence-electron chi connectivity index (χ1n) is 8.57. The van der Waals surface area contributed by atoms with Crippen molar-refractivity contribution in [1.29, 1.82) is 0 Å². The van der Waals surface area contributed by atoms with Gasteiger partial charge in [-0.15, -0.1) is 0 Å². The van der Waals surface area contributed by atoms with Crippen LogP contribution in [0.4, 0.5) is 24.7 Å². The number of alkyl halides is 3. The Bertz CT molecular complexity index is 1060. The van der Waals surface area contributed by atoms with Crippen molar-refractivity contribution in [2.45, 2.75) is 20.0 Å². The standard InChI is InChI=1S/C20H17F3N4O2/c1-12-11-18(25-19(29)14-7-9-15(10-8-14)24-13(2)28)27(26-12)17-6-4-3-5-16(17)20(21,22)23/h3-11H,1-2H3,(H,24,28)(H,25,29). The molecule has 3 rings (SSSR count). The molecule has 1 aromatic heterocycles. The first-order chi connectivity index (χ1) is 13.6. The molecular weight excluding hydrogens is 385 g/mol. The number of nitrogens with zero attached hydrogens (tertiary/aromatic N) is 2. The molecule has 0 fully saturated rings. The Balaban J connectivity index is 1.91. The van der Waals surface area contributed by atoms with E-state index in [-0.39, 0.29) is 23.0 Å². The van der Waals surface area contributed by atoms with Crippen molar-refractivity contribution in [3.05, 3.63) is 71.4 Å². The van der Waals surface area contributed by atoms with Gasteiger partial charge in [0.15, 0.2) is 0 Å². The molecule has 1 heterocycles. The van der Waals surface area contributed by atoms with Gasteiger partial charge in [0.25, 0.3) is 5.91 Å². The van der Waals surface area contributed by atoms with E-state index in [0.29, 0.717) is 11.4 Å². The number of carbonyl (C=O) groups is 2. The third kappa shape index (κ3) is 4.63. The van der Waals surface area contributed by atoms with Crippen LogP contribution in [0, 0.1) is 6.92 Å². The number of anilines is 2. The molecule has 150 valence electrons. The van der Waals surface area contributed by atoms with E-state index in [9.17, 15) is 22.8 Å². The highest BCUT2D eigenvalue weighted by Gasteiger charge is 2.34. The summed E-state index contributed by atoms with van der Waals surface area (Å²) in [5.74, 6) is -0.662. The van der Waals surface area contributed by atoms with Crippen LogP contribution in [0.25, 0.3) is 5.69 Å². The lowest BCUT2D eigenvalue weighted by atomic mass is 10.1. The Labute approximate surface area is 164 Å². The van der Waals surface area contributed by atoms with Gasteiger partial charge >= 0.3 is 6.18 Å². The lowest BCUT2D eigenvalue weighted by Crippen LogP contribution is -2.17. The molecule has 9 heteroatoms. The zero-order chi connectivity index (χ0) is 21.2. The van der Waals surface area contributed by atoms with E-state index in [1.54, 1.807) is 19.1 Å². The van der Waals surface area contributed by atoms with Crippen LogP contribution in [-0.2, 0) is 11.0 Å². The number of hydrogen-bond donors (Lipinski definition) is 2. The van der Waals surface area contributed by atoms with Crippen LogP contribution >= 0.6 is 0 Å². The first-order valence-corrected chi connectivity index (χ1v) is 8.57. The topological polar surface area (TPSA) is 76.0 Å². The molecule has 0 aliphatic rings. The maximum atomic E-state index is 13.4. The number of carbonyl (C=O) groups excluding carboxylic acids is 2. The van der Waals surface area contributed by atoms with Crippen LogP contribution in [0.2, 0.25) is 0 Å².